The number of hydrogen-bond acceptors (Lipinski definition) is 7. The summed E-state index contributed by atoms with van der Waals surface area (Å²) in [5.41, 5.74) is 2.04. The van der Waals surface area contributed by atoms with Gasteiger partial charge in [0.05, 0.1) is 6.20 Å². The molecule has 4 aromatic rings. The van der Waals surface area contributed by atoms with Crippen LogP contribution in [0.25, 0.3) is 21.9 Å². The van der Waals surface area contributed by atoms with Crippen LogP contribution in [0.1, 0.15) is 44.0 Å². The van der Waals surface area contributed by atoms with Crippen molar-refractivity contribution in [3.63, 3.8) is 0 Å². The highest BCUT2D eigenvalue weighted by molar-refractivity contribution is 6.05. The van der Waals surface area contributed by atoms with Crippen LogP contribution in [-0.4, -0.2) is 56.5 Å². The number of rotatable bonds is 5. The minimum absolute atomic E-state index is 0.0419. The number of nitrogens with one attached hydrogen (secondary N) is 2. The third-order valence-electron chi connectivity index (χ3n) is 6.55. The Balaban J connectivity index is 1.22. The first kappa shape index (κ1) is 26.1. The quantitative estimate of drug-likeness (QED) is 0.384. The number of nitrogens with zero attached hydrogens (tertiary/aromatic N) is 5. The lowest BCUT2D eigenvalue weighted by Gasteiger charge is -2.33. The summed E-state index contributed by atoms with van der Waals surface area (Å²) in [6.07, 6.45) is 8.32. The Bertz CT molecular complexity index is 1500. The van der Waals surface area contributed by atoms with E-state index in [1.54, 1.807) is 29.2 Å². The van der Waals surface area contributed by atoms with Crippen LogP contribution in [0.3, 0.4) is 0 Å². The van der Waals surface area contributed by atoms with E-state index in [0.717, 1.165) is 40.6 Å². The first-order valence-electron chi connectivity index (χ1n) is 13.0. The zero-order chi connectivity index (χ0) is 27.6. The standard InChI is InChI=1S/C29H33N7O3/c1-29(2,3)39-28(38)33-24-8-11-36(12-9-24)26-15-20(7-10-30-26)27(37)34-25-14-22-13-19(5-6-21(22)16-31-25)23-17-32-35(4)18-23/h5-7,10,13-18,24H,8-9,11-12H2,1-4H3,(H,33,38)(H,31,34,37). The van der Waals surface area contributed by atoms with E-state index in [-0.39, 0.29) is 11.9 Å². The number of aromatic nitrogens is 4. The molecule has 1 fully saturated rings. The number of anilines is 2. The first-order valence-corrected chi connectivity index (χ1v) is 13.0. The predicted molar refractivity (Wildman–Crippen MR) is 151 cm³/mol. The fourth-order valence-corrected chi connectivity index (χ4v) is 4.61. The van der Waals surface area contributed by atoms with Gasteiger partial charge in [0.25, 0.3) is 5.91 Å². The minimum atomic E-state index is -0.527. The van der Waals surface area contributed by atoms with Crippen LogP contribution in [0.15, 0.2) is 61.2 Å². The summed E-state index contributed by atoms with van der Waals surface area (Å²) < 4.78 is 7.13. The van der Waals surface area contributed by atoms with Crippen LogP contribution in [0.4, 0.5) is 16.4 Å². The van der Waals surface area contributed by atoms with Crippen molar-refractivity contribution < 1.29 is 14.3 Å². The molecule has 0 spiro atoms. The summed E-state index contributed by atoms with van der Waals surface area (Å²) in [7, 11) is 1.89. The van der Waals surface area contributed by atoms with Gasteiger partial charge in [-0.25, -0.2) is 14.8 Å². The van der Waals surface area contributed by atoms with Gasteiger partial charge in [-0.2, -0.15) is 5.10 Å². The molecular formula is C29H33N7O3. The Morgan fingerprint density at radius 2 is 1.77 bits per heavy atom. The highest BCUT2D eigenvalue weighted by atomic mass is 16.6. The van der Waals surface area contributed by atoms with E-state index in [9.17, 15) is 9.59 Å². The summed E-state index contributed by atoms with van der Waals surface area (Å²) in [6, 6.07) is 11.5. The maximum atomic E-state index is 13.1. The Morgan fingerprint density at radius 3 is 2.49 bits per heavy atom. The summed E-state index contributed by atoms with van der Waals surface area (Å²) in [4.78, 5) is 36.2. The van der Waals surface area contributed by atoms with E-state index in [2.05, 4.69) is 36.7 Å². The third kappa shape index (κ3) is 6.51. The van der Waals surface area contributed by atoms with Crippen LogP contribution < -0.4 is 15.5 Å². The molecule has 0 saturated carbocycles. The maximum absolute atomic E-state index is 13.1. The van der Waals surface area contributed by atoms with Crippen LogP contribution in [0.2, 0.25) is 0 Å². The lowest BCUT2D eigenvalue weighted by molar-refractivity contribution is 0.0497. The molecular weight excluding hydrogens is 494 g/mol. The number of hydrogen-bond donors (Lipinski definition) is 2. The molecule has 1 aliphatic heterocycles. The number of aryl methyl sites for hydroxylation is 1. The second-order valence-corrected chi connectivity index (χ2v) is 10.8. The average molecular weight is 528 g/mol. The van der Waals surface area contributed by atoms with Crippen molar-refractivity contribution in [2.75, 3.05) is 23.3 Å². The predicted octanol–water partition coefficient (Wildman–Crippen LogP) is 4.78. The molecule has 10 nitrogen and oxygen atoms in total. The van der Waals surface area contributed by atoms with Crippen molar-refractivity contribution in [1.29, 1.82) is 0 Å². The van der Waals surface area contributed by atoms with Gasteiger partial charge in [0.15, 0.2) is 0 Å². The molecule has 0 unspecified atom stereocenters. The van der Waals surface area contributed by atoms with Gasteiger partial charge in [-0.15, -0.1) is 0 Å². The molecule has 202 valence electrons. The number of piperidine rings is 1. The van der Waals surface area contributed by atoms with Gasteiger partial charge in [0, 0.05) is 61.3 Å². The first-order chi connectivity index (χ1) is 18.6. The van der Waals surface area contributed by atoms with E-state index < -0.39 is 11.7 Å². The van der Waals surface area contributed by atoms with Crippen LogP contribution >= 0.6 is 0 Å². The number of alkyl carbamates (subject to hydrolysis) is 1. The molecule has 3 aromatic heterocycles. The molecule has 1 aliphatic rings. The zero-order valence-corrected chi connectivity index (χ0v) is 22.6. The molecule has 0 atom stereocenters. The van der Waals surface area contributed by atoms with Crippen molar-refractivity contribution >= 4 is 34.4 Å². The van der Waals surface area contributed by atoms with E-state index >= 15 is 0 Å². The van der Waals surface area contributed by atoms with Crippen molar-refractivity contribution in [3.05, 3.63) is 66.7 Å². The second-order valence-electron chi connectivity index (χ2n) is 10.8. The fraction of sp³-hybridized carbons (Fsp3) is 0.345. The van der Waals surface area contributed by atoms with Crippen LogP contribution in [-0.2, 0) is 11.8 Å². The fourth-order valence-electron chi connectivity index (χ4n) is 4.61. The largest absolute Gasteiger partial charge is 0.444 e. The van der Waals surface area contributed by atoms with Crippen molar-refractivity contribution in [2.45, 2.75) is 45.3 Å². The number of benzene rings is 1. The number of carbonyl (C=O) groups excluding carboxylic acids is 2. The van der Waals surface area contributed by atoms with Crippen LogP contribution in [0.5, 0.6) is 0 Å². The molecule has 2 N–H and O–H groups in total. The number of fused-ring (bicyclic) bond motifs is 1. The summed E-state index contributed by atoms with van der Waals surface area (Å²) >= 11 is 0. The summed E-state index contributed by atoms with van der Waals surface area (Å²) in [6.45, 7) is 6.97. The van der Waals surface area contributed by atoms with Crippen molar-refractivity contribution in [2.24, 2.45) is 7.05 Å². The highest BCUT2D eigenvalue weighted by Crippen LogP contribution is 2.26. The van der Waals surface area contributed by atoms with E-state index in [1.807, 2.05) is 58.4 Å². The molecule has 4 heterocycles. The highest BCUT2D eigenvalue weighted by Gasteiger charge is 2.24. The number of amides is 2. The molecule has 0 radical (unpaired) electrons. The van der Waals surface area contributed by atoms with Gasteiger partial charge in [-0.05, 0) is 68.8 Å². The van der Waals surface area contributed by atoms with Gasteiger partial charge < -0.3 is 20.3 Å². The van der Waals surface area contributed by atoms with Gasteiger partial charge in [-0.1, -0.05) is 12.1 Å². The molecule has 10 heteroatoms. The molecule has 39 heavy (non-hydrogen) atoms. The molecule has 0 aliphatic carbocycles. The Kier molecular flexibility index (Phi) is 7.19. The molecule has 1 aromatic carbocycles. The zero-order valence-electron chi connectivity index (χ0n) is 22.6. The monoisotopic (exact) mass is 527 g/mol. The number of carbonyl (C=O) groups is 2. The van der Waals surface area contributed by atoms with Crippen molar-refractivity contribution in [3.8, 4) is 11.1 Å². The molecule has 2 amide bonds. The Morgan fingerprint density at radius 1 is 0.974 bits per heavy atom. The Hall–Kier alpha value is -4.47. The summed E-state index contributed by atoms with van der Waals surface area (Å²) in [5, 5.41) is 12.1. The lowest BCUT2D eigenvalue weighted by atomic mass is 10.0. The SMILES string of the molecule is Cn1cc(-c2ccc3cnc(NC(=O)c4ccnc(N5CCC(NC(=O)OC(C)(C)C)CC5)c4)cc3c2)cn1. The second kappa shape index (κ2) is 10.7. The van der Waals surface area contributed by atoms with Gasteiger partial charge >= 0.3 is 6.09 Å². The van der Waals surface area contributed by atoms with Gasteiger partial charge in [-0.3, -0.25) is 9.48 Å². The number of ether oxygens (including phenoxy) is 1. The smallest absolute Gasteiger partial charge is 0.407 e. The van der Waals surface area contributed by atoms with Gasteiger partial charge in [0.1, 0.15) is 17.2 Å². The summed E-state index contributed by atoms with van der Waals surface area (Å²) in [5.74, 6) is 0.949. The van der Waals surface area contributed by atoms with Crippen molar-refractivity contribution in [1.82, 2.24) is 25.1 Å². The third-order valence-corrected chi connectivity index (χ3v) is 6.55. The average Bonchev–Trinajstić information content (AvgIpc) is 3.34. The maximum Gasteiger partial charge on any atom is 0.407 e. The lowest BCUT2D eigenvalue weighted by Crippen LogP contribution is -2.46. The van der Waals surface area contributed by atoms with Crippen LogP contribution in [0, 0.1) is 0 Å². The molecule has 5 rings (SSSR count). The van der Waals surface area contributed by atoms with E-state index in [4.69, 9.17) is 4.74 Å². The van der Waals surface area contributed by atoms with E-state index in [0.29, 0.717) is 24.5 Å². The van der Waals surface area contributed by atoms with E-state index in [1.165, 1.54) is 0 Å². The molecule has 0 bridgehead atoms. The number of pyridine rings is 2. The minimum Gasteiger partial charge on any atom is -0.444 e. The normalized spacial score (nSPS) is 14.3. The Labute approximate surface area is 227 Å². The molecule has 1 saturated heterocycles. The van der Waals surface area contributed by atoms with Gasteiger partial charge in [0.2, 0.25) is 0 Å². The topological polar surface area (TPSA) is 114 Å².